The normalized spacial score (nSPS) is 20.3. The van der Waals surface area contributed by atoms with Gasteiger partial charge >= 0.3 is 0 Å². The van der Waals surface area contributed by atoms with Crippen LogP contribution in [0.4, 0.5) is 0 Å². The Labute approximate surface area is 114 Å². The molecule has 1 heterocycles. The van der Waals surface area contributed by atoms with E-state index in [0.29, 0.717) is 0 Å². The molecule has 0 bridgehead atoms. The van der Waals surface area contributed by atoms with Crippen LogP contribution < -0.4 is 10.1 Å². The van der Waals surface area contributed by atoms with E-state index < -0.39 is 0 Å². The predicted octanol–water partition coefficient (Wildman–Crippen LogP) is 1.40. The van der Waals surface area contributed by atoms with Crippen molar-refractivity contribution in [2.45, 2.75) is 19.9 Å². The lowest BCUT2D eigenvalue weighted by Gasteiger charge is -2.32. The maximum atomic E-state index is 12.6. The zero-order valence-corrected chi connectivity index (χ0v) is 12.1. The number of carbonyl (C=O) groups is 1. The van der Waals surface area contributed by atoms with E-state index in [4.69, 9.17) is 4.74 Å². The van der Waals surface area contributed by atoms with Gasteiger partial charge in [-0.2, -0.15) is 0 Å². The fourth-order valence-corrected chi connectivity index (χ4v) is 2.71. The van der Waals surface area contributed by atoms with Gasteiger partial charge in [0.15, 0.2) is 5.78 Å². The van der Waals surface area contributed by atoms with E-state index in [1.807, 2.05) is 33.0 Å². The van der Waals surface area contributed by atoms with Crippen molar-refractivity contribution in [1.82, 2.24) is 10.2 Å². The van der Waals surface area contributed by atoms with Crippen LogP contribution in [0.15, 0.2) is 12.1 Å². The molecular formula is C15H22N2O2. The molecule has 0 aliphatic carbocycles. The number of carbonyl (C=O) groups excluding carboxylic acids is 1. The van der Waals surface area contributed by atoms with E-state index in [1.165, 1.54) is 0 Å². The fourth-order valence-electron chi connectivity index (χ4n) is 2.71. The molecule has 19 heavy (non-hydrogen) atoms. The van der Waals surface area contributed by atoms with Crippen LogP contribution in [0.2, 0.25) is 0 Å². The maximum Gasteiger partial charge on any atom is 0.181 e. The number of ether oxygens (including phenoxy) is 1. The van der Waals surface area contributed by atoms with Crippen molar-refractivity contribution >= 4 is 5.78 Å². The molecule has 1 aliphatic heterocycles. The molecule has 0 radical (unpaired) electrons. The van der Waals surface area contributed by atoms with Gasteiger partial charge in [0.05, 0.1) is 13.2 Å². The summed E-state index contributed by atoms with van der Waals surface area (Å²) in [6.07, 6.45) is 0. The molecule has 0 amide bonds. The number of nitrogens with one attached hydrogen (secondary N) is 1. The number of ketones is 1. The van der Waals surface area contributed by atoms with E-state index in [9.17, 15) is 4.79 Å². The minimum Gasteiger partial charge on any atom is -0.496 e. The van der Waals surface area contributed by atoms with E-state index >= 15 is 0 Å². The van der Waals surface area contributed by atoms with Crippen LogP contribution in [0.5, 0.6) is 5.75 Å². The molecule has 4 heteroatoms. The highest BCUT2D eigenvalue weighted by Gasteiger charge is 2.27. The van der Waals surface area contributed by atoms with Crippen LogP contribution >= 0.6 is 0 Å². The van der Waals surface area contributed by atoms with Crippen molar-refractivity contribution in [3.63, 3.8) is 0 Å². The summed E-state index contributed by atoms with van der Waals surface area (Å²) in [7, 11) is 3.67. The Bertz CT molecular complexity index is 462. The van der Waals surface area contributed by atoms with Gasteiger partial charge in [-0.15, -0.1) is 0 Å². The van der Waals surface area contributed by atoms with Gasteiger partial charge in [-0.1, -0.05) is 0 Å². The molecule has 1 aromatic carbocycles. The van der Waals surface area contributed by atoms with Gasteiger partial charge in [0.25, 0.3) is 0 Å². The number of likely N-dealkylation sites (N-methyl/N-ethyl adjacent to an activating group) is 1. The Kier molecular flexibility index (Phi) is 4.22. The van der Waals surface area contributed by atoms with Crippen molar-refractivity contribution in [3.8, 4) is 5.75 Å². The molecule has 1 N–H and O–H groups in total. The summed E-state index contributed by atoms with van der Waals surface area (Å²) in [6, 6.07) is 3.79. The average molecular weight is 262 g/mol. The van der Waals surface area contributed by atoms with Gasteiger partial charge in [0, 0.05) is 25.2 Å². The maximum absolute atomic E-state index is 12.6. The predicted molar refractivity (Wildman–Crippen MR) is 76.1 cm³/mol. The van der Waals surface area contributed by atoms with Gasteiger partial charge < -0.3 is 10.1 Å². The van der Waals surface area contributed by atoms with Crippen LogP contribution in [0.3, 0.4) is 0 Å². The van der Waals surface area contributed by atoms with Gasteiger partial charge in [-0.05, 0) is 44.2 Å². The van der Waals surface area contributed by atoms with Crippen molar-refractivity contribution in [3.05, 3.63) is 28.8 Å². The summed E-state index contributed by atoms with van der Waals surface area (Å²) >= 11 is 0. The first kappa shape index (κ1) is 14.0. The summed E-state index contributed by atoms with van der Waals surface area (Å²) in [6.45, 7) is 6.53. The van der Waals surface area contributed by atoms with E-state index in [0.717, 1.165) is 42.1 Å². The van der Waals surface area contributed by atoms with Gasteiger partial charge in [-0.3, -0.25) is 9.69 Å². The van der Waals surface area contributed by atoms with Crippen LogP contribution in [0.25, 0.3) is 0 Å². The van der Waals surface area contributed by atoms with E-state index in [1.54, 1.807) is 7.11 Å². The van der Waals surface area contributed by atoms with Gasteiger partial charge in [-0.25, -0.2) is 0 Å². The molecule has 1 saturated heterocycles. The number of hydrogen-bond donors (Lipinski definition) is 1. The number of Topliss-reactive ketones (excluding diaryl/α,β-unsaturated/α-hetero) is 1. The molecule has 0 saturated carbocycles. The summed E-state index contributed by atoms with van der Waals surface area (Å²) in [5.41, 5.74) is 2.80. The first-order chi connectivity index (χ1) is 9.04. The quantitative estimate of drug-likeness (QED) is 0.836. The number of hydrogen-bond acceptors (Lipinski definition) is 4. The largest absolute Gasteiger partial charge is 0.496 e. The molecule has 0 aromatic heterocycles. The number of benzene rings is 1. The third-order valence-electron chi connectivity index (χ3n) is 3.76. The lowest BCUT2D eigenvalue weighted by molar-refractivity contribution is 0.0819. The zero-order chi connectivity index (χ0) is 14.0. The van der Waals surface area contributed by atoms with Gasteiger partial charge in [0.1, 0.15) is 5.75 Å². The second kappa shape index (κ2) is 5.72. The Morgan fingerprint density at radius 1 is 1.37 bits per heavy atom. The van der Waals surface area contributed by atoms with E-state index in [-0.39, 0.29) is 11.8 Å². The number of methoxy groups -OCH3 is 1. The minimum absolute atomic E-state index is 0.0686. The molecule has 1 aliphatic rings. The van der Waals surface area contributed by atoms with Crippen molar-refractivity contribution < 1.29 is 9.53 Å². The number of aryl methyl sites for hydroxylation is 2. The van der Waals surface area contributed by atoms with Crippen LogP contribution in [0.1, 0.15) is 21.5 Å². The Hall–Kier alpha value is -1.39. The highest BCUT2D eigenvalue weighted by atomic mass is 16.5. The SMILES string of the molecule is COc1c(C)cc(C(=O)C2CNCCN2C)cc1C. The molecule has 1 atom stereocenters. The third kappa shape index (κ3) is 2.80. The van der Waals surface area contributed by atoms with Crippen molar-refractivity contribution in [1.29, 1.82) is 0 Å². The van der Waals surface area contributed by atoms with Crippen LogP contribution in [-0.4, -0.2) is 50.5 Å². The molecule has 1 aromatic rings. The summed E-state index contributed by atoms with van der Waals surface area (Å²) in [5.74, 6) is 1.05. The first-order valence-corrected chi connectivity index (χ1v) is 6.65. The first-order valence-electron chi connectivity index (χ1n) is 6.65. The molecule has 2 rings (SSSR count). The molecule has 4 nitrogen and oxygen atoms in total. The highest BCUT2D eigenvalue weighted by Crippen LogP contribution is 2.25. The lowest BCUT2D eigenvalue weighted by atomic mass is 9.97. The second-order valence-corrected chi connectivity index (χ2v) is 5.21. The molecule has 0 spiro atoms. The Balaban J connectivity index is 2.28. The monoisotopic (exact) mass is 262 g/mol. The number of rotatable bonds is 3. The summed E-state index contributed by atoms with van der Waals surface area (Å²) < 4.78 is 5.34. The summed E-state index contributed by atoms with van der Waals surface area (Å²) in [4.78, 5) is 14.7. The summed E-state index contributed by atoms with van der Waals surface area (Å²) in [5, 5.41) is 3.28. The fraction of sp³-hybridized carbons (Fsp3) is 0.533. The Morgan fingerprint density at radius 3 is 2.53 bits per heavy atom. The second-order valence-electron chi connectivity index (χ2n) is 5.21. The third-order valence-corrected chi connectivity index (χ3v) is 3.76. The standard InChI is InChI=1S/C15H22N2O2/c1-10-7-12(8-11(2)15(10)19-4)14(18)13-9-16-5-6-17(13)3/h7-8,13,16H,5-6,9H2,1-4H3. The van der Waals surface area contributed by atoms with Crippen LogP contribution in [-0.2, 0) is 0 Å². The smallest absolute Gasteiger partial charge is 0.181 e. The lowest BCUT2D eigenvalue weighted by Crippen LogP contribution is -2.53. The average Bonchev–Trinajstić information content (AvgIpc) is 2.38. The van der Waals surface area contributed by atoms with Crippen LogP contribution in [0, 0.1) is 13.8 Å². The molecule has 104 valence electrons. The van der Waals surface area contributed by atoms with Gasteiger partial charge in [0.2, 0.25) is 0 Å². The molecular weight excluding hydrogens is 240 g/mol. The van der Waals surface area contributed by atoms with Crippen molar-refractivity contribution in [2.24, 2.45) is 0 Å². The minimum atomic E-state index is -0.0686. The number of piperazine rings is 1. The topological polar surface area (TPSA) is 41.6 Å². The highest BCUT2D eigenvalue weighted by molar-refractivity contribution is 6.00. The zero-order valence-electron chi connectivity index (χ0n) is 12.1. The molecule has 1 fully saturated rings. The van der Waals surface area contributed by atoms with E-state index in [2.05, 4.69) is 10.2 Å². The molecule has 1 unspecified atom stereocenters. The number of nitrogens with zero attached hydrogens (tertiary/aromatic N) is 1. The van der Waals surface area contributed by atoms with Crippen molar-refractivity contribution in [2.75, 3.05) is 33.8 Å². The Morgan fingerprint density at radius 2 is 2.00 bits per heavy atom.